The lowest BCUT2D eigenvalue weighted by Gasteiger charge is -2.15. The van der Waals surface area contributed by atoms with Gasteiger partial charge < -0.3 is 10.2 Å². The molecule has 2 aliphatic rings. The summed E-state index contributed by atoms with van der Waals surface area (Å²) < 4.78 is 0. The van der Waals surface area contributed by atoms with Gasteiger partial charge in [-0.2, -0.15) is 11.3 Å². The van der Waals surface area contributed by atoms with E-state index in [1.54, 1.807) is 11.3 Å². The molecule has 3 rings (SSSR count). The molecule has 1 saturated heterocycles. The van der Waals surface area contributed by atoms with E-state index in [1.807, 2.05) is 21.7 Å². The van der Waals surface area contributed by atoms with Crippen LogP contribution in [0.25, 0.3) is 0 Å². The van der Waals surface area contributed by atoms with E-state index in [0.717, 1.165) is 18.7 Å². The molecule has 1 aliphatic heterocycles. The van der Waals surface area contributed by atoms with E-state index >= 15 is 0 Å². The quantitative estimate of drug-likeness (QED) is 0.842. The summed E-state index contributed by atoms with van der Waals surface area (Å²) in [5.41, 5.74) is 1.06. The Labute approximate surface area is 93.1 Å². The largest absolute Gasteiger partial charge is 0.310 e. The van der Waals surface area contributed by atoms with Gasteiger partial charge in [-0.1, -0.05) is 0 Å². The normalized spacial score (nSPS) is 26.3. The van der Waals surface area contributed by atoms with Crippen molar-refractivity contribution in [1.29, 1.82) is 0 Å². The molecule has 1 N–H and O–H groups in total. The van der Waals surface area contributed by atoms with E-state index in [2.05, 4.69) is 5.32 Å². The Morgan fingerprint density at radius 2 is 2.27 bits per heavy atom. The molecule has 0 aromatic carbocycles. The molecule has 1 aromatic heterocycles. The predicted octanol–water partition coefficient (Wildman–Crippen LogP) is 1.61. The van der Waals surface area contributed by atoms with Crippen molar-refractivity contribution in [3.63, 3.8) is 0 Å². The number of hydrogen-bond acceptors (Lipinski definition) is 3. The van der Waals surface area contributed by atoms with Crippen LogP contribution in [0.5, 0.6) is 0 Å². The topological polar surface area (TPSA) is 32.3 Å². The molecule has 3 nitrogen and oxygen atoms in total. The van der Waals surface area contributed by atoms with Crippen LogP contribution in [0, 0.1) is 0 Å². The average Bonchev–Trinajstić information content (AvgIpc) is 2.75. The third kappa shape index (κ3) is 1.79. The van der Waals surface area contributed by atoms with Crippen LogP contribution in [0.2, 0.25) is 0 Å². The highest BCUT2D eigenvalue weighted by atomic mass is 32.1. The highest BCUT2D eigenvalue weighted by molar-refractivity contribution is 7.08. The Kier molecular flexibility index (Phi) is 2.25. The Hall–Kier alpha value is -0.870. The maximum Gasteiger partial charge on any atom is 0.244 e. The van der Waals surface area contributed by atoms with Gasteiger partial charge in [0.2, 0.25) is 5.91 Å². The molecular weight excluding hydrogens is 208 g/mol. The molecule has 0 bridgehead atoms. The van der Waals surface area contributed by atoms with Gasteiger partial charge in [-0.3, -0.25) is 4.79 Å². The maximum absolute atomic E-state index is 12.0. The Bertz CT molecular complexity index is 359. The Balaban J connectivity index is 1.70. The fourth-order valence-electron chi connectivity index (χ4n) is 2.04. The van der Waals surface area contributed by atoms with E-state index in [1.165, 1.54) is 12.8 Å². The molecule has 1 atom stereocenters. The van der Waals surface area contributed by atoms with Crippen LogP contribution in [0.15, 0.2) is 16.8 Å². The SMILES string of the molecule is O=C1C(NC2CC2)CCN1c1ccsc1. The van der Waals surface area contributed by atoms with Crippen molar-refractivity contribution in [1.82, 2.24) is 5.32 Å². The Morgan fingerprint density at radius 3 is 2.93 bits per heavy atom. The van der Waals surface area contributed by atoms with Crippen LogP contribution in [0.4, 0.5) is 5.69 Å². The second kappa shape index (κ2) is 3.61. The summed E-state index contributed by atoms with van der Waals surface area (Å²) in [6, 6.07) is 2.70. The predicted molar refractivity (Wildman–Crippen MR) is 61.2 cm³/mol. The van der Waals surface area contributed by atoms with Gasteiger partial charge >= 0.3 is 0 Å². The molecule has 1 aromatic rings. The molecule has 4 heteroatoms. The highest BCUT2D eigenvalue weighted by Gasteiger charge is 2.36. The van der Waals surface area contributed by atoms with Gasteiger partial charge in [0.15, 0.2) is 0 Å². The summed E-state index contributed by atoms with van der Waals surface area (Å²) in [4.78, 5) is 13.9. The molecule has 1 unspecified atom stereocenters. The lowest BCUT2D eigenvalue weighted by Crippen LogP contribution is -2.39. The van der Waals surface area contributed by atoms with Gasteiger partial charge in [0.25, 0.3) is 0 Å². The zero-order valence-corrected chi connectivity index (χ0v) is 9.30. The van der Waals surface area contributed by atoms with Gasteiger partial charge in [-0.25, -0.2) is 0 Å². The van der Waals surface area contributed by atoms with Crippen LogP contribution >= 0.6 is 11.3 Å². The first kappa shape index (κ1) is 9.36. The first-order chi connectivity index (χ1) is 7.34. The third-order valence-electron chi connectivity index (χ3n) is 3.04. The molecule has 0 radical (unpaired) electrons. The van der Waals surface area contributed by atoms with Crippen molar-refractivity contribution in [2.75, 3.05) is 11.4 Å². The van der Waals surface area contributed by atoms with Gasteiger partial charge in [0.05, 0.1) is 11.7 Å². The first-order valence-corrected chi connectivity index (χ1v) is 6.38. The second-order valence-electron chi connectivity index (χ2n) is 4.25. The van der Waals surface area contributed by atoms with Gasteiger partial charge in [-0.05, 0) is 30.7 Å². The number of hydrogen-bond donors (Lipinski definition) is 1. The second-order valence-corrected chi connectivity index (χ2v) is 5.03. The number of amides is 1. The van der Waals surface area contributed by atoms with E-state index in [9.17, 15) is 4.79 Å². The van der Waals surface area contributed by atoms with Crippen LogP contribution in [-0.2, 0) is 4.79 Å². The summed E-state index contributed by atoms with van der Waals surface area (Å²) in [6.45, 7) is 0.861. The smallest absolute Gasteiger partial charge is 0.244 e. The molecule has 15 heavy (non-hydrogen) atoms. The maximum atomic E-state index is 12.0. The highest BCUT2D eigenvalue weighted by Crippen LogP contribution is 2.26. The Morgan fingerprint density at radius 1 is 1.40 bits per heavy atom. The van der Waals surface area contributed by atoms with E-state index in [0.29, 0.717) is 6.04 Å². The molecule has 2 fully saturated rings. The number of carbonyl (C=O) groups is 1. The number of carbonyl (C=O) groups excluding carboxylic acids is 1. The monoisotopic (exact) mass is 222 g/mol. The number of rotatable bonds is 3. The lowest BCUT2D eigenvalue weighted by molar-refractivity contribution is -0.118. The van der Waals surface area contributed by atoms with Gasteiger partial charge in [0.1, 0.15) is 0 Å². The average molecular weight is 222 g/mol. The fourth-order valence-corrected chi connectivity index (χ4v) is 2.68. The van der Waals surface area contributed by atoms with E-state index < -0.39 is 0 Å². The van der Waals surface area contributed by atoms with Crippen LogP contribution < -0.4 is 10.2 Å². The minimum absolute atomic E-state index is 0.0670. The summed E-state index contributed by atoms with van der Waals surface area (Å²) in [5.74, 6) is 0.250. The summed E-state index contributed by atoms with van der Waals surface area (Å²) >= 11 is 1.64. The van der Waals surface area contributed by atoms with Crippen molar-refractivity contribution in [2.24, 2.45) is 0 Å². The minimum Gasteiger partial charge on any atom is -0.310 e. The van der Waals surface area contributed by atoms with Crippen molar-refractivity contribution >= 4 is 22.9 Å². The summed E-state index contributed by atoms with van der Waals surface area (Å²) in [6.07, 6.45) is 3.43. The van der Waals surface area contributed by atoms with Gasteiger partial charge in [0, 0.05) is 18.0 Å². The van der Waals surface area contributed by atoms with Crippen molar-refractivity contribution in [3.05, 3.63) is 16.8 Å². The molecule has 1 amide bonds. The van der Waals surface area contributed by atoms with Crippen molar-refractivity contribution < 1.29 is 4.79 Å². The lowest BCUT2D eigenvalue weighted by atomic mass is 10.2. The van der Waals surface area contributed by atoms with E-state index in [4.69, 9.17) is 0 Å². The van der Waals surface area contributed by atoms with E-state index in [-0.39, 0.29) is 11.9 Å². The van der Waals surface area contributed by atoms with Gasteiger partial charge in [-0.15, -0.1) is 0 Å². The molecule has 1 saturated carbocycles. The molecule has 2 heterocycles. The van der Waals surface area contributed by atoms with Crippen LogP contribution in [0.3, 0.4) is 0 Å². The zero-order valence-electron chi connectivity index (χ0n) is 8.48. The fraction of sp³-hybridized carbons (Fsp3) is 0.545. The standard InChI is InChI=1S/C11H14N2OS/c14-11-10(12-8-1-2-8)3-5-13(11)9-4-6-15-7-9/h4,6-8,10,12H,1-3,5H2. The molecule has 0 spiro atoms. The number of nitrogens with one attached hydrogen (secondary N) is 1. The molecular formula is C11H14N2OS. The van der Waals surface area contributed by atoms with Crippen LogP contribution in [0.1, 0.15) is 19.3 Å². The third-order valence-corrected chi connectivity index (χ3v) is 3.71. The molecule has 1 aliphatic carbocycles. The van der Waals surface area contributed by atoms with Crippen LogP contribution in [-0.4, -0.2) is 24.5 Å². The number of thiophene rings is 1. The summed E-state index contributed by atoms with van der Waals surface area (Å²) in [5, 5.41) is 7.46. The minimum atomic E-state index is 0.0670. The zero-order chi connectivity index (χ0) is 10.3. The number of anilines is 1. The molecule has 80 valence electrons. The first-order valence-electron chi connectivity index (χ1n) is 5.44. The summed E-state index contributed by atoms with van der Waals surface area (Å²) in [7, 11) is 0. The van der Waals surface area contributed by atoms with Crippen molar-refractivity contribution in [3.8, 4) is 0 Å². The number of nitrogens with zero attached hydrogens (tertiary/aromatic N) is 1. The van der Waals surface area contributed by atoms with Crippen molar-refractivity contribution in [2.45, 2.75) is 31.3 Å².